The van der Waals surface area contributed by atoms with Gasteiger partial charge >= 0.3 is 0 Å². The molecule has 2 nitrogen and oxygen atoms in total. The van der Waals surface area contributed by atoms with Crippen LogP contribution in [0.1, 0.15) is 0 Å². The molecule has 0 N–H and O–H groups in total. The van der Waals surface area contributed by atoms with Gasteiger partial charge in [-0.25, -0.2) is 0 Å². The summed E-state index contributed by atoms with van der Waals surface area (Å²) < 4.78 is 2.52. The maximum atomic E-state index is 2.44. The average molecular weight is 721 g/mol. The van der Waals surface area contributed by atoms with Crippen LogP contribution in [0.5, 0.6) is 0 Å². The Hall–Kier alpha value is -6.94. The van der Waals surface area contributed by atoms with Gasteiger partial charge in [0.2, 0.25) is 0 Å². The van der Waals surface area contributed by atoms with Gasteiger partial charge < -0.3 is 9.80 Å². The maximum Gasteiger partial charge on any atom is 0.0554 e. The second-order valence-corrected chi connectivity index (χ2v) is 14.8. The molecule has 0 aliphatic heterocycles. The Kier molecular flexibility index (Phi) is 8.40. The van der Waals surface area contributed by atoms with Gasteiger partial charge in [0.15, 0.2) is 0 Å². The number of nitrogens with zero attached hydrogens (tertiary/aromatic N) is 2. The van der Waals surface area contributed by atoms with Crippen molar-refractivity contribution in [2.75, 3.05) is 9.80 Å². The fraction of sp³-hybridized carbons (Fsp3) is 0. The molecule has 0 aliphatic carbocycles. The van der Waals surface area contributed by atoms with Crippen molar-refractivity contribution >= 4 is 76.4 Å². The van der Waals surface area contributed by atoms with Gasteiger partial charge in [0.25, 0.3) is 0 Å². The Bertz CT molecular complexity index is 2920. The lowest BCUT2D eigenvalue weighted by Gasteiger charge is -2.29. The molecule has 0 atom stereocenters. The molecular formula is C52H36N2S. The van der Waals surface area contributed by atoms with Crippen LogP contribution < -0.4 is 9.80 Å². The van der Waals surface area contributed by atoms with Crippen LogP contribution in [-0.4, -0.2) is 0 Å². The molecule has 0 amide bonds. The van der Waals surface area contributed by atoms with E-state index in [2.05, 4.69) is 228 Å². The Morgan fingerprint density at radius 3 is 1.36 bits per heavy atom. The second-order valence-electron chi connectivity index (χ2n) is 13.7. The van der Waals surface area contributed by atoms with Gasteiger partial charge in [-0.15, -0.1) is 11.3 Å². The fourth-order valence-corrected chi connectivity index (χ4v) is 9.12. The second kappa shape index (κ2) is 14.1. The molecule has 0 aliphatic rings. The third kappa shape index (κ3) is 5.92. The maximum absolute atomic E-state index is 2.44. The topological polar surface area (TPSA) is 6.48 Å². The number of benzene rings is 9. The van der Waals surface area contributed by atoms with E-state index in [4.69, 9.17) is 0 Å². The van der Waals surface area contributed by atoms with Crippen molar-refractivity contribution in [3.05, 3.63) is 218 Å². The third-order valence-corrected chi connectivity index (χ3v) is 11.5. The summed E-state index contributed by atoms with van der Waals surface area (Å²) in [6.07, 6.45) is 0. The van der Waals surface area contributed by atoms with Gasteiger partial charge in [-0.1, -0.05) is 158 Å². The highest BCUT2D eigenvalue weighted by Gasteiger charge is 2.23. The molecule has 0 unspecified atom stereocenters. The van der Waals surface area contributed by atoms with Crippen LogP contribution in [0.3, 0.4) is 0 Å². The summed E-state index contributed by atoms with van der Waals surface area (Å²) in [7, 11) is 0. The molecule has 0 bridgehead atoms. The van der Waals surface area contributed by atoms with E-state index in [0.29, 0.717) is 0 Å². The number of thiophene rings is 1. The summed E-state index contributed by atoms with van der Waals surface area (Å²) in [4.78, 5) is 4.84. The predicted molar refractivity (Wildman–Crippen MR) is 237 cm³/mol. The van der Waals surface area contributed by atoms with Crippen molar-refractivity contribution < 1.29 is 0 Å². The zero-order valence-corrected chi connectivity index (χ0v) is 30.9. The highest BCUT2D eigenvalue weighted by Crippen LogP contribution is 2.49. The standard InChI is InChI=1S/C52H36N2S/c1-5-19-37(20-6-1)42-27-15-17-31-47(42)53(39-23-9-3-10-24-39)41-33-34-50-46(35-41)52-45-30-14-13-29-44(45)49(36-51(52)55-50)54(40-25-11-4-12-26-40)48-32-18-16-28-43(48)38-21-7-2-8-22-38/h1-36H. The van der Waals surface area contributed by atoms with Crippen molar-refractivity contribution in [2.45, 2.75) is 0 Å². The van der Waals surface area contributed by atoms with Crippen LogP contribution in [-0.2, 0) is 0 Å². The van der Waals surface area contributed by atoms with E-state index in [-0.39, 0.29) is 0 Å². The molecule has 10 aromatic rings. The Morgan fingerprint density at radius 1 is 0.291 bits per heavy atom. The quantitative estimate of drug-likeness (QED) is 0.154. The minimum Gasteiger partial charge on any atom is -0.310 e. The lowest BCUT2D eigenvalue weighted by Crippen LogP contribution is -2.11. The van der Waals surface area contributed by atoms with Crippen molar-refractivity contribution in [1.82, 2.24) is 0 Å². The first-order chi connectivity index (χ1) is 27.3. The van der Waals surface area contributed by atoms with E-state index in [0.717, 1.165) is 34.1 Å². The van der Waals surface area contributed by atoms with Crippen molar-refractivity contribution in [3.8, 4) is 22.3 Å². The van der Waals surface area contributed by atoms with Crippen LogP contribution in [0.15, 0.2) is 218 Å². The smallest absolute Gasteiger partial charge is 0.0554 e. The lowest BCUT2D eigenvalue weighted by molar-refractivity contribution is 1.29. The number of hydrogen-bond donors (Lipinski definition) is 0. The first-order valence-electron chi connectivity index (χ1n) is 18.7. The summed E-state index contributed by atoms with van der Waals surface area (Å²) in [5.74, 6) is 0. The minimum absolute atomic E-state index is 1.12. The van der Waals surface area contributed by atoms with E-state index in [1.807, 2.05) is 11.3 Å². The average Bonchev–Trinajstić information content (AvgIpc) is 3.64. The first-order valence-corrected chi connectivity index (χ1v) is 19.5. The molecular weight excluding hydrogens is 685 g/mol. The summed E-state index contributed by atoms with van der Waals surface area (Å²) in [5.41, 5.74) is 11.6. The van der Waals surface area contributed by atoms with Crippen LogP contribution >= 0.6 is 11.3 Å². The van der Waals surface area contributed by atoms with Crippen LogP contribution in [0.4, 0.5) is 34.1 Å². The van der Waals surface area contributed by atoms with Gasteiger partial charge in [0, 0.05) is 53.7 Å². The number of fused-ring (bicyclic) bond motifs is 5. The molecule has 1 heterocycles. The zero-order chi connectivity index (χ0) is 36.6. The fourth-order valence-electron chi connectivity index (χ4n) is 7.98. The monoisotopic (exact) mass is 720 g/mol. The minimum atomic E-state index is 1.12. The van der Waals surface area contributed by atoms with Crippen molar-refractivity contribution in [2.24, 2.45) is 0 Å². The Labute approximate surface area is 325 Å². The first kappa shape index (κ1) is 32.7. The molecule has 9 aromatic carbocycles. The molecule has 0 saturated carbocycles. The molecule has 0 fully saturated rings. The van der Waals surface area contributed by atoms with Gasteiger partial charge in [-0.05, 0) is 77.2 Å². The van der Waals surface area contributed by atoms with Crippen LogP contribution in [0, 0.1) is 0 Å². The van der Waals surface area contributed by atoms with E-state index >= 15 is 0 Å². The lowest BCUT2D eigenvalue weighted by atomic mass is 9.98. The number of rotatable bonds is 8. The molecule has 10 rings (SSSR count). The van der Waals surface area contributed by atoms with Crippen molar-refractivity contribution in [3.63, 3.8) is 0 Å². The molecule has 3 heteroatoms. The number of para-hydroxylation sites is 4. The highest BCUT2D eigenvalue weighted by atomic mass is 32.1. The molecule has 55 heavy (non-hydrogen) atoms. The van der Waals surface area contributed by atoms with Gasteiger partial charge in [-0.2, -0.15) is 0 Å². The zero-order valence-electron chi connectivity index (χ0n) is 30.1. The highest BCUT2D eigenvalue weighted by molar-refractivity contribution is 7.26. The SMILES string of the molecule is c1ccc(-c2ccccc2N(c2ccccc2)c2ccc3sc4cc(N(c5ccccc5)c5ccccc5-c5ccccc5)c5ccccc5c4c3c2)cc1. The molecule has 0 spiro atoms. The van der Waals surface area contributed by atoms with E-state index < -0.39 is 0 Å². The van der Waals surface area contributed by atoms with Crippen molar-refractivity contribution in [1.29, 1.82) is 0 Å². The summed E-state index contributed by atoms with van der Waals surface area (Å²) in [6, 6.07) is 78.7. The van der Waals surface area contributed by atoms with E-state index in [9.17, 15) is 0 Å². The van der Waals surface area contributed by atoms with Gasteiger partial charge in [0.1, 0.15) is 0 Å². The normalized spacial score (nSPS) is 11.3. The third-order valence-electron chi connectivity index (χ3n) is 10.4. The predicted octanol–water partition coefficient (Wildman–Crippen LogP) is 15.5. The summed E-state index contributed by atoms with van der Waals surface area (Å²) >= 11 is 1.87. The van der Waals surface area contributed by atoms with Gasteiger partial charge in [-0.3, -0.25) is 0 Å². The molecule has 1 aromatic heterocycles. The molecule has 0 radical (unpaired) electrons. The van der Waals surface area contributed by atoms with Gasteiger partial charge in [0.05, 0.1) is 17.1 Å². The Morgan fingerprint density at radius 2 is 0.764 bits per heavy atom. The largest absolute Gasteiger partial charge is 0.310 e. The number of hydrogen-bond acceptors (Lipinski definition) is 3. The Balaban J connectivity index is 1.21. The van der Waals surface area contributed by atoms with Crippen LogP contribution in [0.2, 0.25) is 0 Å². The number of anilines is 6. The summed E-state index contributed by atoms with van der Waals surface area (Å²) in [6.45, 7) is 0. The van der Waals surface area contributed by atoms with E-state index in [1.165, 1.54) is 53.2 Å². The summed E-state index contributed by atoms with van der Waals surface area (Å²) in [5, 5.41) is 5.00. The molecule has 0 saturated heterocycles. The molecule has 260 valence electrons. The van der Waals surface area contributed by atoms with E-state index in [1.54, 1.807) is 0 Å². The van der Waals surface area contributed by atoms with Crippen LogP contribution in [0.25, 0.3) is 53.2 Å².